The molecule has 26 nitrogen and oxygen atoms in total. The number of azide groups is 1. The smallest absolute Gasteiger partial charge is 0.300 e. The Hall–Kier alpha value is -8.68. The van der Waals surface area contributed by atoms with Crippen molar-refractivity contribution in [3.8, 4) is 11.5 Å². The lowest BCUT2D eigenvalue weighted by molar-refractivity contribution is -0.383. The van der Waals surface area contributed by atoms with Crippen LogP contribution in [0.2, 0.25) is 0 Å². The largest absolute Gasteiger partial charge is 0.496 e. The zero-order valence-corrected chi connectivity index (χ0v) is 52.2. The normalized spacial score (nSPS) is 15.9. The summed E-state index contributed by atoms with van der Waals surface area (Å²) in [6, 6.07) is 14.7. The van der Waals surface area contributed by atoms with Gasteiger partial charge in [-0.15, -0.1) is 5.10 Å². The highest BCUT2D eigenvalue weighted by atomic mass is 32.2. The highest BCUT2D eigenvalue weighted by Crippen LogP contribution is 2.65. The summed E-state index contributed by atoms with van der Waals surface area (Å²) >= 11 is 0. The molecule has 3 aromatic carbocycles. The van der Waals surface area contributed by atoms with Crippen LogP contribution in [-0.4, -0.2) is 114 Å². The molecule has 3 heterocycles. The average Bonchev–Trinajstić information content (AvgIpc) is 1.04. The number of fused-ring (bicyclic) bond motifs is 2. The van der Waals surface area contributed by atoms with Crippen LogP contribution in [-0.2, 0) is 38.1 Å². The second-order valence-electron chi connectivity index (χ2n) is 23.8. The zero-order valence-electron chi connectivity index (χ0n) is 51.4. The van der Waals surface area contributed by atoms with Gasteiger partial charge in [0, 0.05) is 72.9 Å². The van der Waals surface area contributed by atoms with Crippen molar-refractivity contribution >= 4 is 50.2 Å². The number of unbranched alkanes of at least 4 members (excludes halogenated alkanes) is 8. The number of carbonyl (C=O) groups is 3. The molecule has 0 unspecified atom stereocenters. The van der Waals surface area contributed by atoms with E-state index in [1.807, 2.05) is 0 Å². The van der Waals surface area contributed by atoms with Crippen molar-refractivity contribution in [3.05, 3.63) is 144 Å². The predicted octanol–water partition coefficient (Wildman–Crippen LogP) is 9.70. The molecule has 89 heavy (non-hydrogen) atoms. The number of amides is 3. The molecule has 6 aromatic rings. The van der Waals surface area contributed by atoms with E-state index in [1.165, 1.54) is 52.2 Å². The van der Waals surface area contributed by atoms with E-state index in [4.69, 9.17) is 19.7 Å². The van der Waals surface area contributed by atoms with Crippen molar-refractivity contribution in [2.75, 3.05) is 58.9 Å². The number of hydrogen-bond acceptors (Lipinski definition) is 18. The lowest BCUT2D eigenvalue weighted by Gasteiger charge is -2.59. The molecule has 0 saturated heterocycles. The van der Waals surface area contributed by atoms with E-state index in [9.17, 15) is 37.7 Å². The minimum Gasteiger partial charge on any atom is -0.496 e. The topological polar surface area (TPSA) is 345 Å². The van der Waals surface area contributed by atoms with Crippen molar-refractivity contribution in [1.29, 1.82) is 0 Å². The molecule has 3 aliphatic carbocycles. The first-order chi connectivity index (χ1) is 42.8. The van der Waals surface area contributed by atoms with E-state index in [0.717, 1.165) is 106 Å². The Morgan fingerprint density at radius 2 is 1.57 bits per heavy atom. The second-order valence-corrected chi connectivity index (χ2v) is 25.6. The van der Waals surface area contributed by atoms with Crippen LogP contribution in [0, 0.1) is 27.4 Å². The van der Waals surface area contributed by atoms with Gasteiger partial charge in [0.1, 0.15) is 17.2 Å². The van der Waals surface area contributed by atoms with Crippen molar-refractivity contribution in [1.82, 2.24) is 45.2 Å². The predicted molar refractivity (Wildman–Crippen MR) is 332 cm³/mol. The van der Waals surface area contributed by atoms with E-state index in [1.54, 1.807) is 20.4 Å². The van der Waals surface area contributed by atoms with Gasteiger partial charge in [0.2, 0.25) is 11.4 Å². The van der Waals surface area contributed by atoms with Gasteiger partial charge in [-0.2, -0.15) is 0 Å². The summed E-state index contributed by atoms with van der Waals surface area (Å²) < 4.78 is 52.2. The fourth-order valence-corrected chi connectivity index (χ4v) is 13.3. The van der Waals surface area contributed by atoms with Gasteiger partial charge in [0.05, 0.1) is 67.8 Å². The minimum absolute atomic E-state index is 0.00273. The molecule has 3 atom stereocenters. The number of carbonyl (C=O) groups excluding carboxylic acids is 3. The van der Waals surface area contributed by atoms with E-state index < -0.39 is 32.3 Å². The second kappa shape index (κ2) is 30.5. The van der Waals surface area contributed by atoms with Crippen molar-refractivity contribution in [2.45, 2.75) is 140 Å². The van der Waals surface area contributed by atoms with Crippen molar-refractivity contribution in [2.24, 2.45) is 22.4 Å². The molecule has 0 aliphatic heterocycles. The number of pyridine rings is 1. The van der Waals surface area contributed by atoms with Crippen molar-refractivity contribution < 1.29 is 46.6 Å². The maximum absolute atomic E-state index is 13.8. The molecule has 1 fully saturated rings. The number of nitro benzene ring substituents is 1. The number of anilines is 1. The maximum Gasteiger partial charge on any atom is 0.300 e. The summed E-state index contributed by atoms with van der Waals surface area (Å²) in [4.78, 5) is 65.7. The van der Waals surface area contributed by atoms with Gasteiger partial charge >= 0.3 is 5.69 Å². The monoisotopic (exact) mass is 1240 g/mol. The number of methoxy groups -OCH3 is 2. The summed E-state index contributed by atoms with van der Waals surface area (Å²) in [6.07, 6.45) is 16.4. The van der Waals surface area contributed by atoms with Crippen LogP contribution in [0.3, 0.4) is 0 Å². The van der Waals surface area contributed by atoms with Crippen molar-refractivity contribution in [3.63, 3.8) is 0 Å². The van der Waals surface area contributed by atoms with Crippen LogP contribution in [0.1, 0.15) is 155 Å². The Bertz CT molecular complexity index is 3710. The van der Waals surface area contributed by atoms with Gasteiger partial charge in [-0.25, -0.2) is 21.7 Å². The van der Waals surface area contributed by atoms with E-state index in [2.05, 4.69) is 102 Å². The Labute approximate surface area is 516 Å². The van der Waals surface area contributed by atoms with Crippen LogP contribution in [0.4, 0.5) is 11.4 Å². The number of aromatic nitrogens is 6. The first-order valence-electron chi connectivity index (χ1n) is 30.3. The molecule has 4 N–H and O–H groups in total. The molecule has 476 valence electrons. The summed E-state index contributed by atoms with van der Waals surface area (Å²) in [6.45, 7) is 11.7. The van der Waals surface area contributed by atoms with Gasteiger partial charge in [-0.1, -0.05) is 101 Å². The lowest BCUT2D eigenvalue weighted by Crippen LogP contribution is -2.52. The highest BCUT2D eigenvalue weighted by molar-refractivity contribution is 7.90. The third-order valence-corrected chi connectivity index (χ3v) is 18.8. The summed E-state index contributed by atoms with van der Waals surface area (Å²) in [5.41, 5.74) is 12.0. The van der Waals surface area contributed by atoms with Gasteiger partial charge in [-0.05, 0) is 119 Å². The number of nitro groups is 1. The zero-order chi connectivity index (χ0) is 63.7. The molecule has 3 aliphatic rings. The fraction of sp³-hybridized carbons (Fsp3) is 0.516. The quantitative estimate of drug-likeness (QED) is 0.00540. The first kappa shape index (κ1) is 66.3. The maximum atomic E-state index is 13.8. The third-order valence-electron chi connectivity index (χ3n) is 17.2. The average molecular weight is 1250 g/mol. The Balaban J connectivity index is 0.720. The molecule has 3 amide bonds. The number of nitrogens with zero attached hydrogens (tertiary/aromatic N) is 10. The molecule has 9 rings (SSSR count). The number of nitrogens with one attached hydrogen (secondary N) is 4. The van der Waals surface area contributed by atoms with Gasteiger partial charge in [0.15, 0.2) is 5.52 Å². The minimum atomic E-state index is -4.54. The SMILES string of the molecule is COc1cc(C(C)(C)CCCCCCN=[N+]=[N-])cc(OC)c1[C@H]1C=C(CNC(=O)CCCCCCCCNC(=O)c2ccc(=O)n(S(=O)(=O)c3cccc(C(=O)NCc4cn(CCOCCNc5ccc([N+](=O)[O-])c6nonc56)nn4)c3)c2)[C@H]2C[C@@H]1C2(C)C. The number of rotatable bonds is 36. The van der Waals surface area contributed by atoms with Gasteiger partial charge in [-0.3, -0.25) is 29.3 Å². The summed E-state index contributed by atoms with van der Waals surface area (Å²) in [7, 11) is -1.09. The molecule has 27 heteroatoms. The van der Waals surface area contributed by atoms with Crippen LogP contribution in [0.25, 0.3) is 21.5 Å². The molecule has 0 spiro atoms. The number of non-ortho nitro benzene ring substituents is 1. The summed E-state index contributed by atoms with van der Waals surface area (Å²) in [5, 5.41) is 42.2. The van der Waals surface area contributed by atoms with Crippen LogP contribution >= 0.6 is 0 Å². The van der Waals surface area contributed by atoms with E-state index in [0.29, 0.717) is 72.8 Å². The van der Waals surface area contributed by atoms with Crippen LogP contribution in [0.5, 0.6) is 11.5 Å². The Morgan fingerprint density at radius 3 is 2.31 bits per heavy atom. The number of benzene rings is 3. The Kier molecular flexibility index (Phi) is 22.7. The number of hydrogen-bond donors (Lipinski definition) is 4. The van der Waals surface area contributed by atoms with Crippen LogP contribution in [0.15, 0.2) is 104 Å². The van der Waals surface area contributed by atoms with E-state index in [-0.39, 0.29) is 75.2 Å². The summed E-state index contributed by atoms with van der Waals surface area (Å²) in [5.74, 6) is 1.37. The van der Waals surface area contributed by atoms with Crippen LogP contribution < -0.4 is 36.3 Å². The number of ether oxygens (including phenoxy) is 3. The molecule has 3 aromatic heterocycles. The van der Waals surface area contributed by atoms with Gasteiger partial charge in [0.25, 0.3) is 27.4 Å². The molecule has 1 saturated carbocycles. The third kappa shape index (κ3) is 16.5. The highest BCUT2D eigenvalue weighted by Gasteiger charge is 2.56. The number of allylic oxidation sites excluding steroid dienone is 1. The molecular weight excluding hydrogens is 1160 g/mol. The standard InChI is InChI=1S/C62H80N14O12S/c1-61(2,25-14-10-12-16-27-68-72-63)44-34-52(85-5)56(53(35-44)86-6)47-33-43(48-36-49(47)62(48,3)4)37-66-54(77)20-13-9-7-8-11-15-26-65-60(80)42-21-24-55(78)75(39-42)89(83,84)46-19-17-18-41(32-46)59(79)67-38-45-40-74(73-69-45)29-31-87-30-28-64-50-22-23-51(76(81)82)58-57(50)70-88-71-58/h17-19,21-24,32-35,39-40,47-49,64H,7-16,20,25-31,36-38H2,1-6H3,(H,65,80)(H,66,77)(H,67,79)/t47-,48+,49-/m0/s1. The molecule has 0 radical (unpaired) electrons. The molecular formula is C62H80N14O12S. The first-order valence-corrected chi connectivity index (χ1v) is 31.7. The molecule has 2 bridgehead atoms. The lowest BCUT2D eigenvalue weighted by atomic mass is 9.45. The van der Waals surface area contributed by atoms with Gasteiger partial charge < -0.3 is 35.5 Å². The Morgan fingerprint density at radius 1 is 0.854 bits per heavy atom. The van der Waals surface area contributed by atoms with E-state index >= 15 is 0 Å². The fourth-order valence-electron chi connectivity index (χ4n) is 12.0.